The predicted octanol–water partition coefficient (Wildman–Crippen LogP) is 4.86. The fraction of sp³-hybridized carbons (Fsp3) is 0.136. The van der Waals surface area contributed by atoms with Crippen molar-refractivity contribution < 1.29 is 0 Å². The van der Waals surface area contributed by atoms with Crippen molar-refractivity contribution in [3.63, 3.8) is 0 Å². The molecule has 0 aliphatic heterocycles. The van der Waals surface area contributed by atoms with E-state index in [0.29, 0.717) is 0 Å². The topological polar surface area (TPSA) is 41.3 Å². The largest absolute Gasteiger partial charge is 0.399 e. The molecule has 0 spiro atoms. The van der Waals surface area contributed by atoms with Gasteiger partial charge in [-0.2, -0.15) is 0 Å². The Morgan fingerprint density at radius 2 is 1.38 bits per heavy atom. The van der Waals surface area contributed by atoms with Crippen molar-refractivity contribution in [1.82, 2.24) is 3.11 Å². The second-order valence-electron chi connectivity index (χ2n) is 6.20. The van der Waals surface area contributed by atoms with Gasteiger partial charge in [-0.1, -0.05) is 36.4 Å². The lowest BCUT2D eigenvalue weighted by molar-refractivity contribution is 0.760. The molecule has 0 heterocycles. The van der Waals surface area contributed by atoms with E-state index < -0.39 is 0 Å². The zero-order valence-electron chi connectivity index (χ0n) is 15.3. The fourth-order valence-corrected chi connectivity index (χ4v) is 4.62. The average Bonchev–Trinajstić information content (AvgIpc) is 2.65. The highest BCUT2D eigenvalue weighted by molar-refractivity contribution is 14.2. The van der Waals surface area contributed by atoms with Crippen molar-refractivity contribution in [3.05, 3.63) is 89.5 Å². The van der Waals surface area contributed by atoms with Gasteiger partial charge in [0.25, 0.3) is 0 Å². The lowest BCUT2D eigenvalue weighted by Gasteiger charge is -2.15. The molecule has 0 fully saturated rings. The van der Waals surface area contributed by atoms with Crippen molar-refractivity contribution >= 4 is 41.5 Å². The van der Waals surface area contributed by atoms with E-state index in [9.17, 15) is 0 Å². The summed E-state index contributed by atoms with van der Waals surface area (Å²) in [5.41, 5.74) is 12.6. The molecule has 0 atom stereocenters. The molecular weight excluding hydrogens is 433 g/mol. The second kappa shape index (κ2) is 8.47. The lowest BCUT2D eigenvalue weighted by atomic mass is 9.91. The molecule has 1 aliphatic carbocycles. The third-order valence-corrected chi connectivity index (χ3v) is 6.30. The van der Waals surface area contributed by atoms with Crippen LogP contribution >= 0.6 is 21.0 Å². The van der Waals surface area contributed by atoms with E-state index in [2.05, 4.69) is 83.2 Å². The molecule has 0 saturated heterocycles. The van der Waals surface area contributed by atoms with E-state index in [4.69, 9.17) is 5.73 Å². The first-order chi connectivity index (χ1) is 12.6. The van der Waals surface area contributed by atoms with Gasteiger partial charge < -0.3 is 11.1 Å². The quantitative estimate of drug-likeness (QED) is 0.392. The SMILES string of the molecule is CNc1ccc(C(=C2C=CC(=IN(C)C)C=C2)c2ccc(N)cc2)cc1. The molecular formula is C22H24IN3. The molecule has 26 heavy (non-hydrogen) atoms. The van der Waals surface area contributed by atoms with E-state index >= 15 is 0 Å². The molecule has 0 aromatic heterocycles. The highest BCUT2D eigenvalue weighted by Crippen LogP contribution is 2.31. The number of anilines is 2. The first-order valence-electron chi connectivity index (χ1n) is 8.51. The summed E-state index contributed by atoms with van der Waals surface area (Å²) in [7, 11) is 6.21. The van der Waals surface area contributed by atoms with E-state index in [0.717, 1.165) is 11.4 Å². The Kier molecular flexibility index (Phi) is 6.06. The summed E-state index contributed by atoms with van der Waals surface area (Å²) in [6, 6.07) is 16.7. The molecule has 0 unspecified atom stereocenters. The predicted molar refractivity (Wildman–Crippen MR) is 124 cm³/mol. The van der Waals surface area contributed by atoms with Crippen molar-refractivity contribution in [3.8, 4) is 0 Å². The number of hydrogen-bond donors (Lipinski definition) is 2. The van der Waals surface area contributed by atoms with E-state index in [1.165, 1.54) is 25.8 Å². The number of allylic oxidation sites excluding steroid dienone is 5. The van der Waals surface area contributed by atoms with Crippen molar-refractivity contribution in [1.29, 1.82) is 0 Å². The summed E-state index contributed by atoms with van der Waals surface area (Å²) in [6.07, 6.45) is 8.97. The Morgan fingerprint density at radius 3 is 1.88 bits per heavy atom. The summed E-state index contributed by atoms with van der Waals surface area (Å²) in [4.78, 5) is 0. The molecule has 0 amide bonds. The van der Waals surface area contributed by atoms with Crippen LogP contribution in [0.25, 0.3) is 5.57 Å². The molecule has 3 N–H and O–H groups in total. The number of nitrogen functional groups attached to an aromatic ring is 1. The average molecular weight is 457 g/mol. The van der Waals surface area contributed by atoms with Crippen molar-refractivity contribution in [2.75, 3.05) is 32.2 Å². The van der Waals surface area contributed by atoms with Gasteiger partial charge in [-0.3, -0.25) is 3.11 Å². The van der Waals surface area contributed by atoms with Gasteiger partial charge in [0.2, 0.25) is 0 Å². The number of rotatable bonds is 4. The van der Waals surface area contributed by atoms with Gasteiger partial charge in [0.05, 0.1) is 0 Å². The van der Waals surface area contributed by atoms with Gasteiger partial charge in [-0.15, -0.1) is 0 Å². The number of nitrogens with one attached hydrogen (secondary N) is 1. The number of benzene rings is 2. The monoisotopic (exact) mass is 457 g/mol. The molecule has 2 aromatic rings. The maximum absolute atomic E-state index is 5.89. The van der Waals surface area contributed by atoms with Gasteiger partial charge in [0, 0.05) is 21.9 Å². The molecule has 4 heteroatoms. The summed E-state index contributed by atoms with van der Waals surface area (Å²) >= 11 is -0.0879. The molecule has 0 bridgehead atoms. The first kappa shape index (κ1) is 18.6. The van der Waals surface area contributed by atoms with Crippen molar-refractivity contribution in [2.45, 2.75) is 0 Å². The van der Waals surface area contributed by atoms with Gasteiger partial charge in [0.15, 0.2) is 0 Å². The Labute approximate surface area is 166 Å². The summed E-state index contributed by atoms with van der Waals surface area (Å²) < 4.78 is 3.70. The number of nitrogens with two attached hydrogens (primary N) is 1. The zero-order chi connectivity index (χ0) is 18.5. The fourth-order valence-electron chi connectivity index (χ4n) is 2.82. The molecule has 0 saturated carbocycles. The molecule has 0 radical (unpaired) electrons. The molecule has 134 valence electrons. The van der Waals surface area contributed by atoms with Crippen LogP contribution in [0.3, 0.4) is 0 Å². The third-order valence-electron chi connectivity index (χ3n) is 4.06. The van der Waals surface area contributed by atoms with Gasteiger partial charge in [-0.25, -0.2) is 0 Å². The molecule has 3 nitrogen and oxygen atoms in total. The lowest BCUT2D eigenvalue weighted by Crippen LogP contribution is -2.00. The first-order valence-corrected chi connectivity index (χ1v) is 10.5. The summed E-state index contributed by atoms with van der Waals surface area (Å²) in [6.45, 7) is 0. The Bertz CT molecular complexity index is 868. The maximum Gasteiger partial charge on any atom is 0.0337 e. The zero-order valence-corrected chi connectivity index (χ0v) is 17.5. The molecule has 1 aliphatic rings. The maximum atomic E-state index is 5.89. The van der Waals surface area contributed by atoms with Gasteiger partial charge >= 0.3 is 0 Å². The van der Waals surface area contributed by atoms with E-state index in [-0.39, 0.29) is 21.0 Å². The molecule has 2 aromatic carbocycles. The van der Waals surface area contributed by atoms with E-state index in [1.54, 1.807) is 0 Å². The van der Waals surface area contributed by atoms with Crippen LogP contribution in [0.5, 0.6) is 0 Å². The van der Waals surface area contributed by atoms with Crippen LogP contribution in [-0.2, 0) is 0 Å². The summed E-state index contributed by atoms with van der Waals surface area (Å²) in [5.74, 6) is 0. The van der Waals surface area contributed by atoms with Crippen molar-refractivity contribution in [2.24, 2.45) is 0 Å². The van der Waals surface area contributed by atoms with Crippen LogP contribution in [-0.4, -0.2) is 27.8 Å². The standard InChI is InChI=1S/C22H24IN3/c1-25-21-14-8-18(9-15-21)22(17-6-12-20(24)13-7-17)16-4-10-19(11-5-16)23-26(2)3/h4-15,25H,24H2,1-3H3. The van der Waals surface area contributed by atoms with Gasteiger partial charge in [0.1, 0.15) is 0 Å². The van der Waals surface area contributed by atoms with Crippen LogP contribution in [0.4, 0.5) is 11.4 Å². The minimum absolute atomic E-state index is 0.0879. The normalized spacial score (nSPS) is 13.4. The number of halogens is 1. The second-order valence-corrected chi connectivity index (χ2v) is 9.86. The van der Waals surface area contributed by atoms with Crippen LogP contribution in [0, 0.1) is 0 Å². The van der Waals surface area contributed by atoms with E-state index in [1.807, 2.05) is 19.2 Å². The minimum Gasteiger partial charge on any atom is -0.399 e. The van der Waals surface area contributed by atoms with Gasteiger partial charge in [-0.05, 0) is 93.8 Å². The summed E-state index contributed by atoms with van der Waals surface area (Å²) in [5, 5.41) is 3.18. The Balaban J connectivity index is 2.09. The van der Waals surface area contributed by atoms with Crippen LogP contribution in [0.15, 0.2) is 78.4 Å². The minimum atomic E-state index is -0.0879. The van der Waals surface area contributed by atoms with Crippen LogP contribution in [0.1, 0.15) is 11.1 Å². The van der Waals surface area contributed by atoms with Crippen LogP contribution < -0.4 is 11.1 Å². The highest BCUT2D eigenvalue weighted by atomic mass is 127. The third kappa shape index (κ3) is 4.51. The van der Waals surface area contributed by atoms with Crippen LogP contribution in [0.2, 0.25) is 0 Å². The number of hydrogen-bond acceptors (Lipinski definition) is 3. The highest BCUT2D eigenvalue weighted by Gasteiger charge is 2.11. The Hall–Kier alpha value is -2.18. The molecule has 3 rings (SSSR count). The number of nitrogens with zero attached hydrogens (tertiary/aromatic N) is 1. The Morgan fingerprint density at radius 1 is 0.846 bits per heavy atom. The smallest absolute Gasteiger partial charge is 0.0337 e.